The van der Waals surface area contributed by atoms with Crippen LogP contribution in [0.2, 0.25) is 0 Å². The lowest BCUT2D eigenvalue weighted by Gasteiger charge is -2.31. The molecule has 1 amide bonds. The molecule has 4 atom stereocenters. The zero-order valence-corrected chi connectivity index (χ0v) is 23.5. The highest BCUT2D eigenvalue weighted by Gasteiger charge is 2.34. The van der Waals surface area contributed by atoms with E-state index in [1.807, 2.05) is 44.2 Å². The number of carbonyl (C=O) groups excluding carboxylic acids is 2. The number of hydrogen-bond donors (Lipinski definition) is 2. The first-order valence-corrected chi connectivity index (χ1v) is 15.2. The van der Waals surface area contributed by atoms with Crippen LogP contribution < -0.4 is 5.32 Å². The molecule has 1 aliphatic heterocycles. The van der Waals surface area contributed by atoms with Gasteiger partial charge in [0, 0.05) is 19.5 Å². The number of cyclic esters (lactones) is 1. The number of hydrogen-bond acceptors (Lipinski definition) is 9. The molecular weight excluding hydrogens is 542 g/mol. The summed E-state index contributed by atoms with van der Waals surface area (Å²) < 4.78 is 39.7. The van der Waals surface area contributed by atoms with Crippen LogP contribution in [0.3, 0.4) is 0 Å². The second kappa shape index (κ2) is 12.9. The lowest BCUT2D eigenvalue weighted by atomic mass is 10.0. The Balaban J connectivity index is 1.57. The number of thiazole rings is 1. The lowest BCUT2D eigenvalue weighted by Crippen LogP contribution is -2.51. The van der Waals surface area contributed by atoms with Gasteiger partial charge in [-0.2, -0.15) is 4.31 Å². The number of fused-ring (bicyclic) bond motifs is 1. The van der Waals surface area contributed by atoms with Gasteiger partial charge in [0.25, 0.3) is 0 Å². The van der Waals surface area contributed by atoms with Crippen molar-refractivity contribution in [2.45, 2.75) is 56.3 Å². The van der Waals surface area contributed by atoms with Gasteiger partial charge in [0.05, 0.1) is 39.4 Å². The Morgan fingerprint density at radius 2 is 2.03 bits per heavy atom. The van der Waals surface area contributed by atoms with Gasteiger partial charge in [-0.1, -0.05) is 50.6 Å². The summed E-state index contributed by atoms with van der Waals surface area (Å²) in [5.41, 5.74) is 3.20. The molecule has 1 saturated heterocycles. The number of alkyl carbamates (subject to hydrolysis) is 1. The highest BCUT2D eigenvalue weighted by molar-refractivity contribution is 7.89. The number of rotatable bonds is 12. The molecule has 2 aromatic carbocycles. The highest BCUT2D eigenvalue weighted by atomic mass is 32.2. The number of carbonyl (C=O) groups is 2. The van der Waals surface area contributed by atoms with Crippen LogP contribution in [0.4, 0.5) is 4.79 Å². The minimum absolute atomic E-state index is 0.0259. The van der Waals surface area contributed by atoms with E-state index in [0.717, 1.165) is 16.7 Å². The summed E-state index contributed by atoms with van der Waals surface area (Å²) in [4.78, 5) is 28.8. The standard InChI is InChI=1S/C27H33N3O7S2/c1-3-18(2)15-30(39(34,35)20-9-10-21-25(14-20)38-17-28-21)16-23(31)22(13-19-7-5-4-6-8-19)29-27(33)37-24-11-12-36-26(24)32/h4-10,14,17-18,22-24,31H,3,11-13,15-16H2,1-2H3,(H,29,33)/t18-,22-,23+,24+/m0/s1. The maximum absolute atomic E-state index is 13.8. The number of aliphatic hydroxyl groups excluding tert-OH is 1. The molecule has 2 heterocycles. The van der Waals surface area contributed by atoms with E-state index in [2.05, 4.69) is 10.3 Å². The predicted octanol–water partition coefficient (Wildman–Crippen LogP) is 3.35. The minimum Gasteiger partial charge on any atom is -0.463 e. The normalized spacial score (nSPS) is 18.1. The number of amides is 1. The first-order valence-electron chi connectivity index (χ1n) is 12.9. The fourth-order valence-electron chi connectivity index (χ4n) is 4.28. The van der Waals surface area contributed by atoms with Gasteiger partial charge < -0.3 is 19.9 Å². The van der Waals surface area contributed by atoms with Gasteiger partial charge in [0.15, 0.2) is 0 Å². The van der Waals surface area contributed by atoms with Gasteiger partial charge in [-0.3, -0.25) is 0 Å². The molecule has 0 unspecified atom stereocenters. The average molecular weight is 576 g/mol. The number of sulfonamides is 1. The van der Waals surface area contributed by atoms with Gasteiger partial charge in [-0.15, -0.1) is 11.3 Å². The van der Waals surface area contributed by atoms with Crippen molar-refractivity contribution >= 4 is 43.6 Å². The molecule has 1 aromatic heterocycles. The number of benzene rings is 2. The molecule has 12 heteroatoms. The number of aromatic nitrogens is 1. The van der Waals surface area contributed by atoms with Gasteiger partial charge >= 0.3 is 12.1 Å². The third-order valence-electron chi connectivity index (χ3n) is 6.75. The monoisotopic (exact) mass is 575 g/mol. The van der Waals surface area contributed by atoms with E-state index in [1.54, 1.807) is 17.6 Å². The van der Waals surface area contributed by atoms with Crippen LogP contribution in [0, 0.1) is 5.92 Å². The maximum Gasteiger partial charge on any atom is 0.408 e. The Hall–Kier alpha value is -3.06. The van der Waals surface area contributed by atoms with Gasteiger partial charge in [0.2, 0.25) is 16.1 Å². The number of nitrogens with zero attached hydrogens (tertiary/aromatic N) is 2. The van der Waals surface area contributed by atoms with E-state index in [9.17, 15) is 23.1 Å². The fraction of sp³-hybridized carbons (Fsp3) is 0.444. The summed E-state index contributed by atoms with van der Waals surface area (Å²) in [6, 6.07) is 13.1. The molecule has 10 nitrogen and oxygen atoms in total. The third kappa shape index (κ3) is 7.33. The molecule has 0 radical (unpaired) electrons. The first kappa shape index (κ1) is 28.9. The van der Waals surface area contributed by atoms with E-state index in [4.69, 9.17) is 9.47 Å². The van der Waals surface area contributed by atoms with Crippen molar-refractivity contribution in [3.63, 3.8) is 0 Å². The molecule has 0 aliphatic carbocycles. The van der Waals surface area contributed by atoms with E-state index in [-0.39, 0.29) is 43.4 Å². The molecular formula is C27H33N3O7S2. The summed E-state index contributed by atoms with van der Waals surface area (Å²) in [6.45, 7) is 4.02. The molecule has 0 spiro atoms. The van der Waals surface area contributed by atoms with Crippen molar-refractivity contribution in [3.05, 3.63) is 59.6 Å². The van der Waals surface area contributed by atoms with E-state index in [1.165, 1.54) is 21.7 Å². The smallest absolute Gasteiger partial charge is 0.408 e. The van der Waals surface area contributed by atoms with Crippen LogP contribution in [0.5, 0.6) is 0 Å². The number of esters is 1. The highest BCUT2D eigenvalue weighted by Crippen LogP contribution is 2.25. The molecule has 210 valence electrons. The number of aliphatic hydroxyl groups is 1. The van der Waals surface area contributed by atoms with Crippen LogP contribution in [-0.4, -0.2) is 72.8 Å². The Kier molecular flexibility index (Phi) is 9.54. The zero-order chi connectivity index (χ0) is 28.0. The van der Waals surface area contributed by atoms with Crippen LogP contribution in [0.15, 0.2) is 58.9 Å². The van der Waals surface area contributed by atoms with Gasteiger partial charge in [-0.25, -0.2) is 23.0 Å². The second-order valence-corrected chi connectivity index (χ2v) is 12.5. The zero-order valence-electron chi connectivity index (χ0n) is 21.9. The summed E-state index contributed by atoms with van der Waals surface area (Å²) in [7, 11) is -3.98. The Morgan fingerprint density at radius 3 is 2.72 bits per heavy atom. The SMILES string of the molecule is CC[C@H](C)CN(C[C@@H](O)[C@H](Cc1ccccc1)NC(=O)O[C@@H]1CCOC1=O)S(=O)(=O)c1ccc2ncsc2c1. The molecule has 0 saturated carbocycles. The summed E-state index contributed by atoms with van der Waals surface area (Å²) in [5, 5.41) is 14.0. The quantitative estimate of drug-likeness (QED) is 0.314. The third-order valence-corrected chi connectivity index (χ3v) is 9.37. The summed E-state index contributed by atoms with van der Waals surface area (Å²) in [5.74, 6) is -0.591. The number of nitrogens with one attached hydrogen (secondary N) is 1. The molecule has 39 heavy (non-hydrogen) atoms. The van der Waals surface area contributed by atoms with E-state index >= 15 is 0 Å². The summed E-state index contributed by atoms with van der Waals surface area (Å²) >= 11 is 1.35. The molecule has 2 N–H and O–H groups in total. The Labute approximate surface area is 232 Å². The van der Waals surface area contributed by atoms with Crippen molar-refractivity contribution in [2.75, 3.05) is 19.7 Å². The van der Waals surface area contributed by atoms with Crippen LogP contribution in [0.1, 0.15) is 32.3 Å². The van der Waals surface area contributed by atoms with E-state index in [0.29, 0.717) is 5.52 Å². The van der Waals surface area contributed by atoms with Crippen molar-refractivity contribution < 1.29 is 32.6 Å². The van der Waals surface area contributed by atoms with Crippen LogP contribution in [0.25, 0.3) is 10.2 Å². The Morgan fingerprint density at radius 1 is 1.26 bits per heavy atom. The second-order valence-electron chi connectivity index (χ2n) is 9.68. The molecule has 1 fully saturated rings. The van der Waals surface area contributed by atoms with Crippen LogP contribution >= 0.6 is 11.3 Å². The molecule has 1 aliphatic rings. The maximum atomic E-state index is 13.8. The fourth-order valence-corrected chi connectivity index (χ4v) is 6.67. The molecule has 3 aromatic rings. The van der Waals surface area contributed by atoms with Crippen molar-refractivity contribution in [1.29, 1.82) is 0 Å². The molecule has 4 rings (SSSR count). The summed E-state index contributed by atoms with van der Waals surface area (Å²) in [6.07, 6.45) is -1.96. The number of ether oxygens (including phenoxy) is 2. The van der Waals surface area contributed by atoms with Gasteiger partial charge in [-0.05, 0) is 36.1 Å². The first-order chi connectivity index (χ1) is 18.7. The van der Waals surface area contributed by atoms with Gasteiger partial charge in [0.1, 0.15) is 0 Å². The predicted molar refractivity (Wildman–Crippen MR) is 147 cm³/mol. The average Bonchev–Trinajstić information content (AvgIpc) is 3.56. The van der Waals surface area contributed by atoms with Crippen molar-refractivity contribution in [3.8, 4) is 0 Å². The Bertz CT molecular complexity index is 1380. The van der Waals surface area contributed by atoms with Crippen molar-refractivity contribution in [2.24, 2.45) is 5.92 Å². The minimum atomic E-state index is -3.98. The van der Waals surface area contributed by atoms with E-state index < -0.39 is 40.3 Å². The largest absolute Gasteiger partial charge is 0.463 e. The topological polar surface area (TPSA) is 135 Å². The molecule has 0 bridgehead atoms. The lowest BCUT2D eigenvalue weighted by molar-refractivity contribution is -0.144. The van der Waals surface area contributed by atoms with Crippen LogP contribution in [-0.2, 0) is 30.7 Å². The van der Waals surface area contributed by atoms with Crippen molar-refractivity contribution in [1.82, 2.24) is 14.6 Å².